The molecule has 0 aromatic heterocycles. The number of rotatable bonds is 7. The number of anilines is 1. The van der Waals surface area contributed by atoms with Crippen molar-refractivity contribution in [2.75, 3.05) is 12.3 Å². The van der Waals surface area contributed by atoms with Crippen LogP contribution in [0, 0.1) is 0 Å². The van der Waals surface area contributed by atoms with E-state index in [1.54, 1.807) is 36.4 Å². The van der Waals surface area contributed by atoms with Crippen molar-refractivity contribution in [1.29, 1.82) is 0 Å². The van der Waals surface area contributed by atoms with Crippen LogP contribution < -0.4 is 10.5 Å². The zero-order valence-corrected chi connectivity index (χ0v) is 14.1. The van der Waals surface area contributed by atoms with E-state index in [0.29, 0.717) is 30.0 Å². The second-order valence-electron chi connectivity index (χ2n) is 5.54. The molecule has 0 saturated carbocycles. The van der Waals surface area contributed by atoms with E-state index in [1.807, 2.05) is 19.9 Å². The third-order valence-corrected chi connectivity index (χ3v) is 3.66. The predicted molar refractivity (Wildman–Crippen MR) is 97.5 cm³/mol. The molecule has 0 spiro atoms. The van der Waals surface area contributed by atoms with Crippen molar-refractivity contribution in [3.63, 3.8) is 0 Å². The van der Waals surface area contributed by atoms with Crippen LogP contribution in [0.15, 0.2) is 42.5 Å². The Morgan fingerprint density at radius 1 is 1.21 bits per heavy atom. The summed E-state index contributed by atoms with van der Waals surface area (Å²) in [4.78, 5) is 12.3. The minimum absolute atomic E-state index is 0.109. The topological polar surface area (TPSA) is 72.5 Å². The molecule has 0 bridgehead atoms. The fourth-order valence-corrected chi connectivity index (χ4v) is 2.29. The largest absolute Gasteiger partial charge is 0.508 e. The van der Waals surface area contributed by atoms with Gasteiger partial charge < -0.3 is 15.6 Å². The van der Waals surface area contributed by atoms with Crippen LogP contribution in [0.25, 0.3) is 6.08 Å². The minimum Gasteiger partial charge on any atom is -0.508 e. The van der Waals surface area contributed by atoms with E-state index in [1.165, 1.54) is 6.08 Å². The second-order valence-corrected chi connectivity index (χ2v) is 5.54. The zero-order chi connectivity index (χ0) is 17.5. The van der Waals surface area contributed by atoms with Crippen molar-refractivity contribution in [1.82, 2.24) is 0 Å². The molecule has 2 aromatic carbocycles. The lowest BCUT2D eigenvalue weighted by molar-refractivity contribution is 0.104. The van der Waals surface area contributed by atoms with E-state index in [9.17, 15) is 9.90 Å². The lowest BCUT2D eigenvalue weighted by atomic mass is 10.0. The monoisotopic (exact) mass is 325 g/mol. The average Bonchev–Trinajstić information content (AvgIpc) is 2.59. The molecule has 4 heteroatoms. The van der Waals surface area contributed by atoms with E-state index in [4.69, 9.17) is 10.5 Å². The van der Waals surface area contributed by atoms with E-state index in [-0.39, 0.29) is 11.5 Å². The van der Waals surface area contributed by atoms with E-state index < -0.39 is 0 Å². The summed E-state index contributed by atoms with van der Waals surface area (Å²) >= 11 is 0. The molecule has 0 radical (unpaired) electrons. The van der Waals surface area contributed by atoms with Crippen molar-refractivity contribution < 1.29 is 14.6 Å². The molecule has 0 amide bonds. The molecular weight excluding hydrogens is 302 g/mol. The first kappa shape index (κ1) is 17.6. The van der Waals surface area contributed by atoms with Gasteiger partial charge in [-0.2, -0.15) is 0 Å². The number of hydrogen-bond donors (Lipinski definition) is 2. The minimum atomic E-state index is -0.109. The summed E-state index contributed by atoms with van der Waals surface area (Å²) in [5.74, 6) is 0.682. The van der Waals surface area contributed by atoms with Gasteiger partial charge in [0.15, 0.2) is 5.78 Å². The Labute approximate surface area is 142 Å². The van der Waals surface area contributed by atoms with Crippen molar-refractivity contribution in [3.05, 3.63) is 59.2 Å². The third-order valence-electron chi connectivity index (χ3n) is 3.66. The van der Waals surface area contributed by atoms with E-state index in [0.717, 1.165) is 17.5 Å². The average molecular weight is 325 g/mol. The maximum atomic E-state index is 12.3. The lowest BCUT2D eigenvalue weighted by Gasteiger charge is -2.11. The van der Waals surface area contributed by atoms with Gasteiger partial charge in [0.05, 0.1) is 6.61 Å². The highest BCUT2D eigenvalue weighted by molar-refractivity contribution is 6.07. The molecule has 0 unspecified atom stereocenters. The van der Waals surface area contributed by atoms with Crippen LogP contribution in [0.5, 0.6) is 11.5 Å². The van der Waals surface area contributed by atoms with Gasteiger partial charge in [0.1, 0.15) is 11.5 Å². The number of aromatic hydroxyl groups is 1. The lowest BCUT2D eigenvalue weighted by Crippen LogP contribution is -1.99. The molecule has 2 aromatic rings. The second kappa shape index (κ2) is 8.20. The fourth-order valence-electron chi connectivity index (χ4n) is 2.29. The van der Waals surface area contributed by atoms with Crippen LogP contribution in [0.4, 0.5) is 5.69 Å². The molecular formula is C20H23NO3. The Morgan fingerprint density at radius 3 is 2.54 bits per heavy atom. The molecule has 0 saturated heterocycles. The van der Waals surface area contributed by atoms with E-state index in [2.05, 4.69) is 0 Å². The summed E-state index contributed by atoms with van der Waals surface area (Å²) in [6.45, 7) is 4.53. The van der Waals surface area contributed by atoms with Crippen molar-refractivity contribution in [3.8, 4) is 11.5 Å². The van der Waals surface area contributed by atoms with Crippen molar-refractivity contribution in [2.45, 2.75) is 26.7 Å². The van der Waals surface area contributed by atoms with Crippen molar-refractivity contribution >= 4 is 17.5 Å². The first-order valence-corrected chi connectivity index (χ1v) is 8.11. The maximum Gasteiger partial charge on any atom is 0.185 e. The van der Waals surface area contributed by atoms with Gasteiger partial charge in [-0.25, -0.2) is 0 Å². The number of phenolic OH excluding ortho intramolecular Hbond substituents is 1. The Morgan fingerprint density at radius 2 is 1.92 bits per heavy atom. The van der Waals surface area contributed by atoms with Crippen LogP contribution in [0.3, 0.4) is 0 Å². The summed E-state index contributed by atoms with van der Waals surface area (Å²) < 4.78 is 5.68. The molecule has 0 fully saturated rings. The highest BCUT2D eigenvalue weighted by atomic mass is 16.5. The van der Waals surface area contributed by atoms with Gasteiger partial charge in [-0.15, -0.1) is 0 Å². The first-order chi connectivity index (χ1) is 11.5. The van der Waals surface area contributed by atoms with Gasteiger partial charge in [0.25, 0.3) is 0 Å². The molecule has 4 nitrogen and oxygen atoms in total. The van der Waals surface area contributed by atoms with Gasteiger partial charge in [0.2, 0.25) is 0 Å². The van der Waals surface area contributed by atoms with E-state index >= 15 is 0 Å². The first-order valence-electron chi connectivity index (χ1n) is 8.11. The normalized spacial score (nSPS) is 10.9. The standard InChI is InChI=1S/C20H23NO3/c1-3-11-24-20-13-19(23)14(4-2)12-16(20)7-10-18(22)15-5-8-17(21)9-6-15/h5-10,12-13,23H,3-4,11,21H2,1-2H3/b10-7+. The molecule has 3 N–H and O–H groups in total. The van der Waals surface area contributed by atoms with Gasteiger partial charge >= 0.3 is 0 Å². The summed E-state index contributed by atoms with van der Waals surface area (Å²) in [6, 6.07) is 10.3. The van der Waals surface area contributed by atoms with Gasteiger partial charge in [-0.3, -0.25) is 4.79 Å². The van der Waals surface area contributed by atoms with Gasteiger partial charge in [0, 0.05) is 22.9 Å². The number of carbonyl (C=O) groups excluding carboxylic acids is 1. The molecule has 0 aliphatic carbocycles. The smallest absolute Gasteiger partial charge is 0.185 e. The molecule has 0 atom stereocenters. The zero-order valence-electron chi connectivity index (χ0n) is 14.1. The summed E-state index contributed by atoms with van der Waals surface area (Å²) in [5, 5.41) is 10.0. The van der Waals surface area contributed by atoms with Crippen LogP contribution in [0.1, 0.15) is 41.8 Å². The Balaban J connectivity index is 2.28. The SMILES string of the molecule is CCCOc1cc(O)c(CC)cc1/C=C/C(=O)c1ccc(N)cc1. The van der Waals surface area contributed by atoms with Crippen LogP contribution in [0.2, 0.25) is 0 Å². The third kappa shape index (κ3) is 4.38. The number of allylic oxidation sites excluding steroid dienone is 1. The Kier molecular flexibility index (Phi) is 6.01. The molecule has 2 rings (SSSR count). The highest BCUT2D eigenvalue weighted by Gasteiger charge is 2.09. The number of aryl methyl sites for hydroxylation is 1. The number of phenols is 1. The number of ether oxygens (including phenoxy) is 1. The summed E-state index contributed by atoms with van der Waals surface area (Å²) in [5.41, 5.74) is 8.43. The van der Waals surface area contributed by atoms with Gasteiger partial charge in [-0.1, -0.05) is 13.8 Å². The number of nitrogens with two attached hydrogens (primary N) is 1. The molecule has 0 aliphatic rings. The van der Waals surface area contributed by atoms with Crippen LogP contribution >= 0.6 is 0 Å². The van der Waals surface area contributed by atoms with Gasteiger partial charge in [-0.05, 0) is 60.9 Å². The number of benzene rings is 2. The molecule has 0 heterocycles. The highest BCUT2D eigenvalue weighted by Crippen LogP contribution is 2.30. The molecule has 0 aliphatic heterocycles. The maximum absolute atomic E-state index is 12.3. The molecule has 126 valence electrons. The Bertz CT molecular complexity index is 733. The summed E-state index contributed by atoms with van der Waals surface area (Å²) in [7, 11) is 0. The van der Waals surface area contributed by atoms with Crippen LogP contribution in [-0.2, 0) is 6.42 Å². The Hall–Kier alpha value is -2.75. The summed E-state index contributed by atoms with van der Waals surface area (Å²) in [6.07, 6.45) is 4.80. The predicted octanol–water partition coefficient (Wildman–Crippen LogP) is 4.22. The number of hydrogen-bond acceptors (Lipinski definition) is 4. The number of ketones is 1. The van der Waals surface area contributed by atoms with Crippen molar-refractivity contribution in [2.24, 2.45) is 0 Å². The number of nitrogen functional groups attached to an aromatic ring is 1. The van der Waals surface area contributed by atoms with Crippen LogP contribution in [-0.4, -0.2) is 17.5 Å². The quantitative estimate of drug-likeness (QED) is 0.454. The fraction of sp³-hybridized carbons (Fsp3) is 0.250. The molecule has 24 heavy (non-hydrogen) atoms. The number of carbonyl (C=O) groups is 1.